The number of unbranched alkanes of at least 4 members (excludes halogenated alkanes) is 8. The Hall–Kier alpha value is -0.790. The summed E-state index contributed by atoms with van der Waals surface area (Å²) in [6.45, 7) is 4.14. The first-order chi connectivity index (χ1) is 8.27. The van der Waals surface area contributed by atoms with Crippen LogP contribution in [-0.4, -0.2) is 12.6 Å². The van der Waals surface area contributed by atoms with Crippen LogP contribution in [0.15, 0.2) is 12.2 Å². The van der Waals surface area contributed by atoms with Crippen molar-refractivity contribution in [2.75, 3.05) is 6.61 Å². The zero-order chi connectivity index (χ0) is 12.8. The molecule has 0 aliphatic rings. The van der Waals surface area contributed by atoms with E-state index in [-0.39, 0.29) is 5.97 Å². The van der Waals surface area contributed by atoms with Gasteiger partial charge in [-0.3, -0.25) is 4.79 Å². The molecule has 0 aromatic heterocycles. The van der Waals surface area contributed by atoms with Crippen LogP contribution >= 0.6 is 0 Å². The second-order valence-electron chi connectivity index (χ2n) is 4.53. The quantitative estimate of drug-likeness (QED) is 0.299. The zero-order valence-electron chi connectivity index (χ0n) is 11.5. The Bertz CT molecular complexity index is 197. The number of hydrogen-bond acceptors (Lipinski definition) is 2. The Morgan fingerprint density at radius 2 is 1.47 bits per heavy atom. The second-order valence-corrected chi connectivity index (χ2v) is 4.53. The molecule has 0 saturated carbocycles. The highest BCUT2D eigenvalue weighted by molar-refractivity contribution is 5.65. The van der Waals surface area contributed by atoms with E-state index in [2.05, 4.69) is 19.1 Å². The molecule has 100 valence electrons. The van der Waals surface area contributed by atoms with Gasteiger partial charge in [0, 0.05) is 6.92 Å². The normalized spacial score (nSPS) is 10.9. The van der Waals surface area contributed by atoms with E-state index < -0.39 is 0 Å². The molecule has 0 radical (unpaired) electrons. The number of carbonyl (C=O) groups excluding carboxylic acids is 1. The first-order valence-electron chi connectivity index (χ1n) is 7.02. The number of hydrogen-bond donors (Lipinski definition) is 0. The molecule has 0 N–H and O–H groups in total. The van der Waals surface area contributed by atoms with Gasteiger partial charge in [-0.1, -0.05) is 50.7 Å². The van der Waals surface area contributed by atoms with E-state index in [1.54, 1.807) is 0 Å². The third-order valence-corrected chi connectivity index (χ3v) is 2.81. The summed E-state index contributed by atoms with van der Waals surface area (Å²) in [7, 11) is 0. The Morgan fingerprint density at radius 3 is 2.00 bits per heavy atom. The maximum absolute atomic E-state index is 10.5. The fourth-order valence-corrected chi connectivity index (χ4v) is 1.81. The third kappa shape index (κ3) is 15.2. The lowest BCUT2D eigenvalue weighted by atomic mass is 10.1. The summed E-state index contributed by atoms with van der Waals surface area (Å²) in [5.74, 6) is -0.161. The van der Waals surface area contributed by atoms with Gasteiger partial charge in [0.15, 0.2) is 0 Å². The highest BCUT2D eigenvalue weighted by atomic mass is 16.5. The fraction of sp³-hybridized carbons (Fsp3) is 0.800. The van der Waals surface area contributed by atoms with Crippen LogP contribution in [0.1, 0.15) is 71.6 Å². The van der Waals surface area contributed by atoms with Crippen molar-refractivity contribution in [2.24, 2.45) is 0 Å². The SMILES string of the molecule is C/C=C/CCCCCCCCCCOC(C)=O. The summed E-state index contributed by atoms with van der Waals surface area (Å²) in [4.78, 5) is 10.5. The molecule has 2 nitrogen and oxygen atoms in total. The number of carbonyl (C=O) groups is 1. The Kier molecular flexibility index (Phi) is 12.7. The first kappa shape index (κ1) is 16.2. The van der Waals surface area contributed by atoms with E-state index in [1.807, 2.05) is 0 Å². The monoisotopic (exact) mass is 240 g/mol. The lowest BCUT2D eigenvalue weighted by Gasteiger charge is -2.02. The van der Waals surface area contributed by atoms with Crippen LogP contribution in [0.25, 0.3) is 0 Å². The number of rotatable bonds is 11. The lowest BCUT2D eigenvalue weighted by molar-refractivity contribution is -0.141. The maximum atomic E-state index is 10.5. The molecule has 2 heteroatoms. The minimum Gasteiger partial charge on any atom is -0.466 e. The molecule has 0 amide bonds. The molecule has 0 aromatic carbocycles. The minimum atomic E-state index is -0.161. The summed E-state index contributed by atoms with van der Waals surface area (Å²) in [6.07, 6.45) is 15.8. The van der Waals surface area contributed by atoms with E-state index in [1.165, 1.54) is 58.3 Å². The first-order valence-corrected chi connectivity index (χ1v) is 7.02. The second kappa shape index (κ2) is 13.3. The van der Waals surface area contributed by atoms with Crippen molar-refractivity contribution >= 4 is 5.97 Å². The van der Waals surface area contributed by atoms with Gasteiger partial charge in [0.05, 0.1) is 6.61 Å². The summed E-state index contributed by atoms with van der Waals surface area (Å²) in [5.41, 5.74) is 0. The van der Waals surface area contributed by atoms with Crippen LogP contribution in [0.3, 0.4) is 0 Å². The van der Waals surface area contributed by atoms with E-state index in [0.29, 0.717) is 6.61 Å². The van der Waals surface area contributed by atoms with Gasteiger partial charge in [-0.05, 0) is 26.2 Å². The molecule has 0 saturated heterocycles. The van der Waals surface area contributed by atoms with Crippen molar-refractivity contribution in [1.82, 2.24) is 0 Å². The lowest BCUT2D eigenvalue weighted by Crippen LogP contribution is -2.00. The van der Waals surface area contributed by atoms with Crippen LogP contribution < -0.4 is 0 Å². The summed E-state index contributed by atoms with van der Waals surface area (Å²) in [5, 5.41) is 0. The Balaban J connectivity index is 2.96. The maximum Gasteiger partial charge on any atom is 0.302 e. The number of esters is 1. The summed E-state index contributed by atoms with van der Waals surface area (Å²) in [6, 6.07) is 0. The third-order valence-electron chi connectivity index (χ3n) is 2.81. The highest BCUT2D eigenvalue weighted by Crippen LogP contribution is 2.09. The van der Waals surface area contributed by atoms with E-state index >= 15 is 0 Å². The van der Waals surface area contributed by atoms with Gasteiger partial charge in [0.1, 0.15) is 0 Å². The number of ether oxygens (including phenoxy) is 1. The van der Waals surface area contributed by atoms with Crippen LogP contribution in [0.4, 0.5) is 0 Å². The molecule has 0 atom stereocenters. The average molecular weight is 240 g/mol. The van der Waals surface area contributed by atoms with Gasteiger partial charge in [0.2, 0.25) is 0 Å². The molecular weight excluding hydrogens is 212 g/mol. The minimum absolute atomic E-state index is 0.161. The molecule has 0 rings (SSSR count). The van der Waals surface area contributed by atoms with Gasteiger partial charge in [-0.2, -0.15) is 0 Å². The molecule has 17 heavy (non-hydrogen) atoms. The molecule has 0 aliphatic heterocycles. The van der Waals surface area contributed by atoms with Crippen molar-refractivity contribution in [3.05, 3.63) is 12.2 Å². The van der Waals surface area contributed by atoms with E-state index in [4.69, 9.17) is 4.74 Å². The standard InChI is InChI=1S/C15H28O2/c1-3-4-5-6-7-8-9-10-11-12-13-14-17-15(2)16/h3-4H,5-14H2,1-2H3/b4-3+. The van der Waals surface area contributed by atoms with Gasteiger partial charge in [-0.15, -0.1) is 0 Å². The van der Waals surface area contributed by atoms with Crippen molar-refractivity contribution in [3.63, 3.8) is 0 Å². The molecule has 0 fully saturated rings. The Labute approximate surface area is 106 Å². The van der Waals surface area contributed by atoms with Crippen LogP contribution in [0.5, 0.6) is 0 Å². The van der Waals surface area contributed by atoms with Gasteiger partial charge in [0.25, 0.3) is 0 Å². The van der Waals surface area contributed by atoms with Gasteiger partial charge >= 0.3 is 5.97 Å². The fourth-order valence-electron chi connectivity index (χ4n) is 1.81. The zero-order valence-corrected chi connectivity index (χ0v) is 11.5. The van der Waals surface area contributed by atoms with Crippen molar-refractivity contribution in [3.8, 4) is 0 Å². The topological polar surface area (TPSA) is 26.3 Å². The smallest absolute Gasteiger partial charge is 0.302 e. The van der Waals surface area contributed by atoms with Gasteiger partial charge in [-0.25, -0.2) is 0 Å². The average Bonchev–Trinajstić information content (AvgIpc) is 2.30. The molecule has 0 spiro atoms. The highest BCUT2D eigenvalue weighted by Gasteiger charge is 1.94. The largest absolute Gasteiger partial charge is 0.466 e. The molecule has 0 unspecified atom stereocenters. The van der Waals surface area contributed by atoms with Crippen LogP contribution in [0, 0.1) is 0 Å². The predicted molar refractivity (Wildman–Crippen MR) is 73.0 cm³/mol. The summed E-state index contributed by atoms with van der Waals surface area (Å²) < 4.78 is 4.88. The Morgan fingerprint density at radius 1 is 0.941 bits per heavy atom. The molecule has 0 aromatic rings. The van der Waals surface area contributed by atoms with Gasteiger partial charge < -0.3 is 4.74 Å². The van der Waals surface area contributed by atoms with Crippen LogP contribution in [-0.2, 0) is 9.53 Å². The molecule has 0 aliphatic carbocycles. The predicted octanol–water partition coefficient (Wildman–Crippen LogP) is 4.64. The summed E-state index contributed by atoms with van der Waals surface area (Å²) >= 11 is 0. The molecule has 0 heterocycles. The van der Waals surface area contributed by atoms with E-state index in [9.17, 15) is 4.79 Å². The van der Waals surface area contributed by atoms with Crippen LogP contribution in [0.2, 0.25) is 0 Å². The molecule has 0 bridgehead atoms. The van der Waals surface area contributed by atoms with Crippen molar-refractivity contribution in [1.29, 1.82) is 0 Å². The number of allylic oxidation sites excluding steroid dienone is 2. The van der Waals surface area contributed by atoms with E-state index in [0.717, 1.165) is 6.42 Å². The molecular formula is C15H28O2. The van der Waals surface area contributed by atoms with Crippen molar-refractivity contribution in [2.45, 2.75) is 71.6 Å². The van der Waals surface area contributed by atoms with Crippen molar-refractivity contribution < 1.29 is 9.53 Å².